The number of nitrogens with zero attached hydrogens (tertiary/aromatic N) is 1. The molecule has 1 aromatic carbocycles. The molecule has 7 heteroatoms. The Morgan fingerprint density at radius 3 is 3.05 bits per heavy atom. The van der Waals surface area contributed by atoms with E-state index in [0.29, 0.717) is 13.2 Å². The summed E-state index contributed by atoms with van der Waals surface area (Å²) in [6.45, 7) is 2.89. The number of likely N-dealkylation sites (N-methyl/N-ethyl adjacent to an activating group) is 1. The molecule has 1 amide bonds. The van der Waals surface area contributed by atoms with E-state index in [2.05, 4.69) is 10.6 Å². The van der Waals surface area contributed by atoms with E-state index in [1.165, 1.54) is 0 Å². The Morgan fingerprint density at radius 1 is 1.52 bits per heavy atom. The standard InChI is InChI=1S/C14H19F2N3O2/c1-19(8-11-7-17-4-5-21-11)9-14(20)18-13-6-10(15)2-3-12(13)16/h2-3,6,11,17H,4-5,7-9H2,1H3,(H,18,20). The zero-order valence-electron chi connectivity index (χ0n) is 11.9. The highest BCUT2D eigenvalue weighted by molar-refractivity contribution is 5.92. The highest BCUT2D eigenvalue weighted by Gasteiger charge is 2.17. The average Bonchev–Trinajstić information content (AvgIpc) is 2.43. The maximum atomic E-state index is 13.4. The zero-order chi connectivity index (χ0) is 15.2. The lowest BCUT2D eigenvalue weighted by Gasteiger charge is -2.27. The molecule has 0 radical (unpaired) electrons. The summed E-state index contributed by atoms with van der Waals surface area (Å²) in [4.78, 5) is 13.6. The molecule has 2 rings (SSSR count). The minimum Gasteiger partial charge on any atom is -0.374 e. The van der Waals surface area contributed by atoms with Crippen molar-refractivity contribution in [3.63, 3.8) is 0 Å². The molecule has 1 atom stereocenters. The molecule has 0 bridgehead atoms. The van der Waals surface area contributed by atoms with E-state index in [-0.39, 0.29) is 18.3 Å². The molecular formula is C14H19F2N3O2. The normalized spacial score (nSPS) is 18.8. The minimum absolute atomic E-state index is 0.0301. The fraction of sp³-hybridized carbons (Fsp3) is 0.500. The van der Waals surface area contributed by atoms with Gasteiger partial charge in [-0.2, -0.15) is 0 Å². The van der Waals surface area contributed by atoms with Crippen LogP contribution >= 0.6 is 0 Å². The molecule has 1 aliphatic rings. The van der Waals surface area contributed by atoms with E-state index in [4.69, 9.17) is 4.74 Å². The van der Waals surface area contributed by atoms with Gasteiger partial charge >= 0.3 is 0 Å². The Hall–Kier alpha value is -1.57. The third kappa shape index (κ3) is 5.04. The van der Waals surface area contributed by atoms with Crippen LogP contribution < -0.4 is 10.6 Å². The van der Waals surface area contributed by atoms with E-state index < -0.39 is 17.5 Å². The van der Waals surface area contributed by atoms with Gasteiger partial charge in [0, 0.05) is 25.7 Å². The Bertz CT molecular complexity index is 493. The van der Waals surface area contributed by atoms with Gasteiger partial charge in [0.2, 0.25) is 5.91 Å². The predicted molar refractivity (Wildman–Crippen MR) is 75.1 cm³/mol. The number of nitrogens with one attached hydrogen (secondary N) is 2. The Kier molecular flexibility index (Phi) is 5.60. The third-order valence-electron chi connectivity index (χ3n) is 3.14. The number of carbonyl (C=O) groups is 1. The van der Waals surface area contributed by atoms with Gasteiger partial charge in [-0.05, 0) is 19.2 Å². The lowest BCUT2D eigenvalue weighted by atomic mass is 10.2. The molecule has 2 N–H and O–H groups in total. The van der Waals surface area contributed by atoms with Crippen LogP contribution in [0.15, 0.2) is 18.2 Å². The number of anilines is 1. The highest BCUT2D eigenvalue weighted by Crippen LogP contribution is 2.15. The largest absolute Gasteiger partial charge is 0.374 e. The molecule has 1 heterocycles. The van der Waals surface area contributed by atoms with Crippen LogP contribution in [-0.4, -0.2) is 56.7 Å². The van der Waals surface area contributed by atoms with Crippen LogP contribution in [0.5, 0.6) is 0 Å². The monoisotopic (exact) mass is 299 g/mol. The van der Waals surface area contributed by atoms with Gasteiger partial charge in [-0.15, -0.1) is 0 Å². The molecule has 21 heavy (non-hydrogen) atoms. The van der Waals surface area contributed by atoms with Gasteiger partial charge in [-0.25, -0.2) is 8.78 Å². The summed E-state index contributed by atoms with van der Waals surface area (Å²) in [6.07, 6.45) is 0.0301. The second-order valence-electron chi connectivity index (χ2n) is 5.07. The number of hydrogen-bond acceptors (Lipinski definition) is 4. The van der Waals surface area contributed by atoms with Gasteiger partial charge in [-0.3, -0.25) is 9.69 Å². The fourth-order valence-corrected chi connectivity index (χ4v) is 2.18. The quantitative estimate of drug-likeness (QED) is 0.845. The van der Waals surface area contributed by atoms with Gasteiger partial charge in [0.25, 0.3) is 0 Å². The van der Waals surface area contributed by atoms with Crippen molar-refractivity contribution in [2.75, 3.05) is 45.2 Å². The van der Waals surface area contributed by atoms with Crippen LogP contribution in [0.4, 0.5) is 14.5 Å². The highest BCUT2D eigenvalue weighted by atomic mass is 19.1. The van der Waals surface area contributed by atoms with Crippen molar-refractivity contribution in [2.24, 2.45) is 0 Å². The Balaban J connectivity index is 1.81. The molecule has 0 aromatic heterocycles. The van der Waals surface area contributed by atoms with Gasteiger partial charge in [0.15, 0.2) is 0 Å². The predicted octanol–water partition coefficient (Wildman–Crippen LogP) is 0.823. The van der Waals surface area contributed by atoms with Crippen molar-refractivity contribution < 1.29 is 18.3 Å². The van der Waals surface area contributed by atoms with Crippen molar-refractivity contribution in [1.82, 2.24) is 10.2 Å². The molecule has 1 saturated heterocycles. The van der Waals surface area contributed by atoms with E-state index in [1.807, 2.05) is 0 Å². The van der Waals surface area contributed by atoms with Crippen molar-refractivity contribution in [2.45, 2.75) is 6.10 Å². The third-order valence-corrected chi connectivity index (χ3v) is 3.14. The SMILES string of the molecule is CN(CC(=O)Nc1cc(F)ccc1F)CC1CNCCO1. The van der Waals surface area contributed by atoms with E-state index in [0.717, 1.165) is 31.3 Å². The Labute approximate surface area is 122 Å². The second kappa shape index (κ2) is 7.44. The summed E-state index contributed by atoms with van der Waals surface area (Å²) in [5.74, 6) is -1.65. The van der Waals surface area contributed by atoms with Crippen LogP contribution in [0.2, 0.25) is 0 Å². The molecule has 1 aliphatic heterocycles. The van der Waals surface area contributed by atoms with Gasteiger partial charge < -0.3 is 15.4 Å². The first-order valence-electron chi connectivity index (χ1n) is 6.80. The van der Waals surface area contributed by atoms with E-state index in [9.17, 15) is 13.6 Å². The first-order valence-corrected chi connectivity index (χ1v) is 6.80. The van der Waals surface area contributed by atoms with Crippen molar-refractivity contribution in [3.05, 3.63) is 29.8 Å². The number of halogens is 2. The molecular weight excluding hydrogens is 280 g/mol. The lowest BCUT2D eigenvalue weighted by molar-refractivity contribution is -0.117. The van der Waals surface area contributed by atoms with E-state index >= 15 is 0 Å². The summed E-state index contributed by atoms with van der Waals surface area (Å²) in [5, 5.41) is 5.57. The topological polar surface area (TPSA) is 53.6 Å². The fourth-order valence-electron chi connectivity index (χ4n) is 2.18. The first-order chi connectivity index (χ1) is 10.0. The van der Waals surface area contributed by atoms with Crippen LogP contribution in [0.25, 0.3) is 0 Å². The smallest absolute Gasteiger partial charge is 0.238 e. The molecule has 1 aromatic rings. The molecule has 1 unspecified atom stereocenters. The molecule has 1 fully saturated rings. The summed E-state index contributed by atoms with van der Waals surface area (Å²) in [6, 6.07) is 2.95. The summed E-state index contributed by atoms with van der Waals surface area (Å²) in [5.41, 5.74) is -0.149. The minimum atomic E-state index is -0.660. The average molecular weight is 299 g/mol. The molecule has 0 spiro atoms. The van der Waals surface area contributed by atoms with Gasteiger partial charge in [0.05, 0.1) is 24.9 Å². The maximum Gasteiger partial charge on any atom is 0.238 e. The van der Waals surface area contributed by atoms with Gasteiger partial charge in [-0.1, -0.05) is 0 Å². The number of ether oxygens (including phenoxy) is 1. The Morgan fingerprint density at radius 2 is 2.33 bits per heavy atom. The second-order valence-corrected chi connectivity index (χ2v) is 5.07. The number of carbonyl (C=O) groups excluding carboxylic acids is 1. The van der Waals surface area contributed by atoms with Crippen molar-refractivity contribution in [1.29, 1.82) is 0 Å². The molecule has 0 saturated carbocycles. The number of rotatable bonds is 5. The van der Waals surface area contributed by atoms with Gasteiger partial charge in [0.1, 0.15) is 11.6 Å². The molecule has 0 aliphatic carbocycles. The zero-order valence-corrected chi connectivity index (χ0v) is 11.9. The number of hydrogen-bond donors (Lipinski definition) is 2. The van der Waals surface area contributed by atoms with E-state index in [1.54, 1.807) is 11.9 Å². The maximum absolute atomic E-state index is 13.4. The number of morpholine rings is 1. The molecule has 116 valence electrons. The first kappa shape index (κ1) is 15.8. The summed E-state index contributed by atoms with van der Waals surface area (Å²) < 4.78 is 32.0. The van der Waals surface area contributed by atoms with Crippen LogP contribution in [0.3, 0.4) is 0 Å². The lowest BCUT2D eigenvalue weighted by Crippen LogP contribution is -2.45. The van der Waals surface area contributed by atoms with Crippen molar-refractivity contribution in [3.8, 4) is 0 Å². The number of benzene rings is 1. The van der Waals surface area contributed by atoms with Crippen LogP contribution in [0.1, 0.15) is 0 Å². The summed E-state index contributed by atoms with van der Waals surface area (Å²) >= 11 is 0. The van der Waals surface area contributed by atoms with Crippen LogP contribution in [-0.2, 0) is 9.53 Å². The summed E-state index contributed by atoms with van der Waals surface area (Å²) in [7, 11) is 1.78. The van der Waals surface area contributed by atoms with Crippen LogP contribution in [0, 0.1) is 11.6 Å². The van der Waals surface area contributed by atoms with Crippen molar-refractivity contribution >= 4 is 11.6 Å². The molecule has 5 nitrogen and oxygen atoms in total. The number of amides is 1.